The summed E-state index contributed by atoms with van der Waals surface area (Å²) in [5.74, 6) is -0.0654. The zero-order valence-electron chi connectivity index (χ0n) is 13.2. The average Bonchev–Trinajstić information content (AvgIpc) is 2.50. The highest BCUT2D eigenvalue weighted by molar-refractivity contribution is 6.67. The summed E-state index contributed by atoms with van der Waals surface area (Å²) in [5, 5.41) is 32.4. The molecule has 4 N–H and O–H groups in total. The van der Waals surface area contributed by atoms with Crippen LogP contribution in [0.3, 0.4) is 0 Å². The largest absolute Gasteiger partial charge is 0.506 e. The molecule has 0 atom stereocenters. The number of carboxylic acid groups (broad SMARTS) is 2. The van der Waals surface area contributed by atoms with E-state index in [0.717, 1.165) is 0 Å². The minimum Gasteiger partial charge on any atom is -0.506 e. The molecule has 0 amide bonds. The fourth-order valence-electron chi connectivity index (χ4n) is 1.37. The van der Waals surface area contributed by atoms with Crippen molar-refractivity contribution in [1.29, 1.82) is 0 Å². The first-order chi connectivity index (χ1) is 12.6. The van der Waals surface area contributed by atoms with E-state index in [0.29, 0.717) is 11.1 Å². The van der Waals surface area contributed by atoms with Crippen molar-refractivity contribution < 1.29 is 25.2 Å². The minimum atomic E-state index is -1.83. The van der Waals surface area contributed by atoms with E-state index in [9.17, 15) is 0 Å². The van der Waals surface area contributed by atoms with Crippen molar-refractivity contribution in [3.8, 4) is 11.5 Å². The summed E-state index contributed by atoms with van der Waals surface area (Å²) in [5.41, 5.74) is 0.852. The number of hydrogen-bond acceptors (Lipinski definition) is 3. The first-order valence-corrected chi connectivity index (χ1v) is 9.61. The van der Waals surface area contributed by atoms with Crippen LogP contribution in [0.15, 0.2) is 36.4 Å². The molecular weight excluding hydrogens is 544 g/mol. The molecule has 0 aliphatic carbocycles. The normalized spacial score (nSPS) is 10.9. The summed E-state index contributed by atoms with van der Waals surface area (Å²) in [6, 6.07) is 8.55. The van der Waals surface area contributed by atoms with Gasteiger partial charge in [-0.15, -0.1) is 0 Å². The summed E-state index contributed by atoms with van der Waals surface area (Å²) in [7, 11) is 0. The Hall–Kier alpha value is -0.370. The zero-order chi connectivity index (χ0) is 22.3. The van der Waals surface area contributed by atoms with E-state index in [-0.39, 0.29) is 21.5 Å². The lowest BCUT2D eigenvalue weighted by Crippen LogP contribution is -1.98. The number of benzene rings is 2. The number of aromatic hydroxyl groups is 2. The van der Waals surface area contributed by atoms with Crippen LogP contribution in [0, 0.1) is 0 Å². The van der Waals surface area contributed by atoms with Gasteiger partial charge >= 0.3 is 6.16 Å². The molecule has 156 valence electrons. The number of hydrogen-bond donors (Lipinski definition) is 4. The Balaban J connectivity index is 0.000000439. The maximum atomic E-state index is 9.05. The molecule has 5 nitrogen and oxygen atoms in total. The third-order valence-corrected chi connectivity index (χ3v) is 4.46. The standard InChI is InChI=1S/2C7H4Cl4O.CH2O3/c2*8-5-3-4(7(9,10)11)1-2-6(5)12;2-1(3)4/h2*1-3,12H;(H2,2,3,4). The number of phenolic OH excluding ortho intramolecular Hbond substituents is 2. The average molecular weight is 554 g/mol. The Morgan fingerprint density at radius 2 is 0.929 bits per heavy atom. The number of rotatable bonds is 0. The molecule has 28 heavy (non-hydrogen) atoms. The van der Waals surface area contributed by atoms with E-state index in [1.165, 1.54) is 36.4 Å². The molecule has 0 aliphatic heterocycles. The Morgan fingerprint density at radius 3 is 1.11 bits per heavy atom. The highest BCUT2D eigenvalue weighted by atomic mass is 35.6. The fraction of sp³-hybridized carbons (Fsp3) is 0.133. The van der Waals surface area contributed by atoms with Gasteiger partial charge < -0.3 is 20.4 Å². The van der Waals surface area contributed by atoms with Crippen LogP contribution in [0.4, 0.5) is 4.79 Å². The number of alkyl halides is 6. The van der Waals surface area contributed by atoms with Crippen molar-refractivity contribution in [1.82, 2.24) is 0 Å². The zero-order valence-corrected chi connectivity index (χ0v) is 19.2. The molecular formula is C15H10Cl8O5. The predicted octanol–water partition coefficient (Wildman–Crippen LogP) is 7.97. The quantitative estimate of drug-likeness (QED) is 0.248. The van der Waals surface area contributed by atoms with Crippen LogP contribution in [0.5, 0.6) is 11.5 Å². The predicted molar refractivity (Wildman–Crippen MR) is 115 cm³/mol. The third kappa shape index (κ3) is 11.0. The number of phenols is 2. The van der Waals surface area contributed by atoms with Crippen molar-refractivity contribution in [2.45, 2.75) is 7.59 Å². The molecule has 0 aromatic heterocycles. The van der Waals surface area contributed by atoms with Crippen LogP contribution in [0.2, 0.25) is 10.0 Å². The number of halogens is 8. The third-order valence-electron chi connectivity index (χ3n) is 2.55. The van der Waals surface area contributed by atoms with E-state index in [1.807, 2.05) is 0 Å². The van der Waals surface area contributed by atoms with Crippen molar-refractivity contribution in [3.05, 3.63) is 57.6 Å². The van der Waals surface area contributed by atoms with E-state index in [4.69, 9.17) is 118 Å². The Kier molecular flexibility index (Phi) is 11.6. The maximum Gasteiger partial charge on any atom is 0.503 e. The molecule has 0 spiro atoms. The second-order valence-electron chi connectivity index (χ2n) is 4.61. The van der Waals surface area contributed by atoms with Gasteiger partial charge in [-0.25, -0.2) is 4.79 Å². The highest BCUT2D eigenvalue weighted by Crippen LogP contribution is 2.41. The summed E-state index contributed by atoms with van der Waals surface area (Å²) in [6.45, 7) is 0. The van der Waals surface area contributed by atoms with Crippen molar-refractivity contribution >= 4 is 99.0 Å². The monoisotopic (exact) mass is 550 g/mol. The molecule has 2 rings (SSSR count). The SMILES string of the molecule is O=C(O)O.Oc1ccc(C(Cl)(Cl)Cl)cc1Cl.Oc1ccc(C(Cl)(Cl)Cl)cc1Cl. The lowest BCUT2D eigenvalue weighted by molar-refractivity contribution is 0.137. The van der Waals surface area contributed by atoms with E-state index in [1.54, 1.807) is 0 Å². The molecule has 0 saturated heterocycles. The Morgan fingerprint density at radius 1 is 0.679 bits per heavy atom. The summed E-state index contributed by atoms with van der Waals surface area (Å²) < 4.78 is -3.01. The van der Waals surface area contributed by atoms with Crippen LogP contribution < -0.4 is 0 Å². The van der Waals surface area contributed by atoms with Gasteiger partial charge in [0, 0.05) is 11.1 Å². The van der Waals surface area contributed by atoms with Crippen LogP contribution >= 0.6 is 92.8 Å². The first kappa shape index (κ1) is 27.6. The van der Waals surface area contributed by atoms with Gasteiger partial charge in [-0.2, -0.15) is 0 Å². The minimum absolute atomic E-state index is 0.0327. The van der Waals surface area contributed by atoms with Crippen LogP contribution in [-0.2, 0) is 7.59 Å². The molecule has 0 radical (unpaired) electrons. The van der Waals surface area contributed by atoms with Gasteiger partial charge in [0.05, 0.1) is 10.0 Å². The molecule has 0 unspecified atom stereocenters. The van der Waals surface area contributed by atoms with E-state index in [2.05, 4.69) is 0 Å². The maximum absolute atomic E-state index is 9.05. The summed E-state index contributed by atoms with van der Waals surface area (Å²) >= 11 is 44.6. The molecule has 2 aromatic carbocycles. The Labute approximate surface area is 199 Å². The topological polar surface area (TPSA) is 98.0 Å². The fourth-order valence-corrected chi connectivity index (χ4v) is 2.43. The number of carbonyl (C=O) groups is 1. The second-order valence-corrected chi connectivity index (χ2v) is 9.99. The molecule has 0 fully saturated rings. The van der Waals surface area contributed by atoms with Gasteiger partial charge in [0.2, 0.25) is 7.59 Å². The second kappa shape index (κ2) is 11.7. The molecule has 0 bridgehead atoms. The van der Waals surface area contributed by atoms with Gasteiger partial charge in [-0.1, -0.05) is 105 Å². The van der Waals surface area contributed by atoms with Crippen molar-refractivity contribution in [3.63, 3.8) is 0 Å². The van der Waals surface area contributed by atoms with Crippen LogP contribution in [0.25, 0.3) is 0 Å². The van der Waals surface area contributed by atoms with E-state index >= 15 is 0 Å². The molecule has 0 heterocycles. The van der Waals surface area contributed by atoms with Gasteiger partial charge in [0.15, 0.2) is 0 Å². The summed E-state index contributed by atoms with van der Waals surface area (Å²) in [6.07, 6.45) is -1.83. The van der Waals surface area contributed by atoms with Crippen molar-refractivity contribution in [2.24, 2.45) is 0 Å². The van der Waals surface area contributed by atoms with Crippen LogP contribution in [0.1, 0.15) is 11.1 Å². The van der Waals surface area contributed by atoms with Gasteiger partial charge in [0.1, 0.15) is 11.5 Å². The molecule has 0 aliphatic rings. The smallest absolute Gasteiger partial charge is 0.503 e. The van der Waals surface area contributed by atoms with Crippen LogP contribution in [-0.4, -0.2) is 26.6 Å². The Bertz CT molecular complexity index is 736. The lowest BCUT2D eigenvalue weighted by Gasteiger charge is -2.11. The lowest BCUT2D eigenvalue weighted by atomic mass is 10.2. The van der Waals surface area contributed by atoms with Gasteiger partial charge in [0.25, 0.3) is 0 Å². The molecule has 0 saturated carbocycles. The van der Waals surface area contributed by atoms with Crippen molar-refractivity contribution in [2.75, 3.05) is 0 Å². The molecule has 13 heteroatoms. The first-order valence-electron chi connectivity index (χ1n) is 6.59. The highest BCUT2D eigenvalue weighted by Gasteiger charge is 2.24. The van der Waals surface area contributed by atoms with Gasteiger partial charge in [-0.05, 0) is 24.3 Å². The van der Waals surface area contributed by atoms with Gasteiger partial charge in [-0.3, -0.25) is 0 Å². The van der Waals surface area contributed by atoms with E-state index < -0.39 is 13.7 Å². The molecule has 2 aromatic rings. The summed E-state index contributed by atoms with van der Waals surface area (Å²) in [4.78, 5) is 8.56.